The summed E-state index contributed by atoms with van der Waals surface area (Å²) in [7, 11) is 0. The quantitative estimate of drug-likeness (QED) is 0.847. The fourth-order valence-corrected chi connectivity index (χ4v) is 2.91. The van der Waals surface area contributed by atoms with Gasteiger partial charge in [0.2, 0.25) is 5.91 Å². The minimum Gasteiger partial charge on any atom is -0.357 e. The van der Waals surface area contributed by atoms with E-state index in [2.05, 4.69) is 60.6 Å². The van der Waals surface area contributed by atoms with Crippen LogP contribution in [0.2, 0.25) is 0 Å². The smallest absolute Gasteiger partial charge is 0.244 e. The van der Waals surface area contributed by atoms with Crippen LogP contribution < -0.4 is 15.5 Å². The molecule has 4 nitrogen and oxygen atoms in total. The molecule has 0 aliphatic carbocycles. The Morgan fingerprint density at radius 2 is 2.09 bits per heavy atom. The van der Waals surface area contributed by atoms with Crippen molar-refractivity contribution in [2.24, 2.45) is 5.92 Å². The molecule has 1 aliphatic rings. The molecular formula is C18H29N3O. The van der Waals surface area contributed by atoms with Crippen LogP contribution in [0.4, 0.5) is 5.69 Å². The summed E-state index contributed by atoms with van der Waals surface area (Å²) in [5, 5.41) is 6.35. The van der Waals surface area contributed by atoms with Gasteiger partial charge < -0.3 is 15.5 Å². The molecule has 0 spiro atoms. The van der Waals surface area contributed by atoms with Crippen LogP contribution in [0.3, 0.4) is 0 Å². The van der Waals surface area contributed by atoms with Crippen LogP contribution in [0.5, 0.6) is 0 Å². The largest absolute Gasteiger partial charge is 0.357 e. The SMILES string of the molecule is CCCNC(=O)C1CNCCN1c1ccc(CC(C)C)cc1. The molecule has 1 aliphatic heterocycles. The fourth-order valence-electron chi connectivity index (χ4n) is 2.91. The highest BCUT2D eigenvalue weighted by Crippen LogP contribution is 2.20. The highest BCUT2D eigenvalue weighted by atomic mass is 16.2. The maximum Gasteiger partial charge on any atom is 0.244 e. The van der Waals surface area contributed by atoms with Gasteiger partial charge in [0.15, 0.2) is 0 Å². The summed E-state index contributed by atoms with van der Waals surface area (Å²) in [5.41, 5.74) is 2.51. The van der Waals surface area contributed by atoms with Gasteiger partial charge in [-0.3, -0.25) is 4.79 Å². The highest BCUT2D eigenvalue weighted by Gasteiger charge is 2.28. The van der Waals surface area contributed by atoms with Crippen LogP contribution in [0, 0.1) is 5.92 Å². The molecule has 1 fully saturated rings. The molecule has 1 amide bonds. The molecule has 0 aromatic heterocycles. The van der Waals surface area contributed by atoms with Gasteiger partial charge in [0.05, 0.1) is 0 Å². The molecule has 0 bridgehead atoms. The second-order valence-corrected chi connectivity index (χ2v) is 6.47. The number of rotatable bonds is 6. The zero-order valence-corrected chi connectivity index (χ0v) is 14.1. The molecule has 2 N–H and O–H groups in total. The van der Waals surface area contributed by atoms with Crippen molar-refractivity contribution in [2.45, 2.75) is 39.7 Å². The summed E-state index contributed by atoms with van der Waals surface area (Å²) in [4.78, 5) is 14.6. The van der Waals surface area contributed by atoms with Crippen LogP contribution >= 0.6 is 0 Å². The molecule has 2 rings (SSSR count). The normalized spacial score (nSPS) is 18.5. The van der Waals surface area contributed by atoms with E-state index in [0.29, 0.717) is 12.5 Å². The van der Waals surface area contributed by atoms with Crippen molar-refractivity contribution >= 4 is 11.6 Å². The average molecular weight is 303 g/mol. The van der Waals surface area contributed by atoms with E-state index in [1.165, 1.54) is 5.56 Å². The third-order valence-electron chi connectivity index (χ3n) is 4.01. The first-order valence-electron chi connectivity index (χ1n) is 8.45. The Hall–Kier alpha value is -1.55. The van der Waals surface area contributed by atoms with Crippen molar-refractivity contribution in [3.05, 3.63) is 29.8 Å². The minimum absolute atomic E-state index is 0.115. The van der Waals surface area contributed by atoms with Gasteiger partial charge in [-0.1, -0.05) is 32.9 Å². The van der Waals surface area contributed by atoms with Crippen LogP contribution in [-0.2, 0) is 11.2 Å². The van der Waals surface area contributed by atoms with Crippen molar-refractivity contribution in [3.63, 3.8) is 0 Å². The van der Waals surface area contributed by atoms with Crippen LogP contribution in [-0.4, -0.2) is 38.1 Å². The van der Waals surface area contributed by atoms with Gasteiger partial charge in [-0.15, -0.1) is 0 Å². The lowest BCUT2D eigenvalue weighted by Crippen LogP contribution is -2.58. The molecule has 1 unspecified atom stereocenters. The fraction of sp³-hybridized carbons (Fsp3) is 0.611. The van der Waals surface area contributed by atoms with Crippen molar-refractivity contribution < 1.29 is 4.79 Å². The zero-order chi connectivity index (χ0) is 15.9. The van der Waals surface area contributed by atoms with E-state index >= 15 is 0 Å². The number of amides is 1. The number of nitrogens with zero attached hydrogens (tertiary/aromatic N) is 1. The van der Waals surface area contributed by atoms with Gasteiger partial charge in [-0.2, -0.15) is 0 Å². The molecule has 0 radical (unpaired) electrons. The average Bonchev–Trinajstić information content (AvgIpc) is 2.53. The third kappa shape index (κ3) is 4.47. The van der Waals surface area contributed by atoms with Gasteiger partial charge >= 0.3 is 0 Å². The summed E-state index contributed by atoms with van der Waals surface area (Å²) in [5.74, 6) is 0.790. The number of hydrogen-bond acceptors (Lipinski definition) is 3. The second kappa shape index (κ2) is 8.18. The lowest BCUT2D eigenvalue weighted by atomic mass is 10.0. The van der Waals surface area contributed by atoms with Gasteiger partial charge in [0.1, 0.15) is 6.04 Å². The maximum absolute atomic E-state index is 12.4. The van der Waals surface area contributed by atoms with Crippen LogP contribution in [0.25, 0.3) is 0 Å². The molecule has 1 atom stereocenters. The molecule has 1 aromatic carbocycles. The van der Waals surface area contributed by atoms with E-state index in [4.69, 9.17) is 0 Å². The first-order valence-corrected chi connectivity index (χ1v) is 8.45. The Bertz CT molecular complexity index is 470. The number of benzene rings is 1. The maximum atomic E-state index is 12.4. The van der Waals surface area contributed by atoms with Crippen LogP contribution in [0.15, 0.2) is 24.3 Å². The zero-order valence-electron chi connectivity index (χ0n) is 14.1. The number of piperazine rings is 1. The first-order chi connectivity index (χ1) is 10.6. The van der Waals surface area contributed by atoms with E-state index in [9.17, 15) is 4.79 Å². The minimum atomic E-state index is -0.115. The molecule has 1 heterocycles. The van der Waals surface area contributed by atoms with Crippen molar-refractivity contribution in [1.29, 1.82) is 0 Å². The van der Waals surface area contributed by atoms with Gasteiger partial charge in [-0.25, -0.2) is 0 Å². The Kier molecular flexibility index (Phi) is 6.25. The lowest BCUT2D eigenvalue weighted by Gasteiger charge is -2.37. The number of anilines is 1. The predicted octanol–water partition coefficient (Wildman–Crippen LogP) is 2.19. The lowest BCUT2D eigenvalue weighted by molar-refractivity contribution is -0.122. The number of nitrogens with one attached hydrogen (secondary N) is 2. The third-order valence-corrected chi connectivity index (χ3v) is 4.01. The molecule has 1 aromatic rings. The number of carbonyl (C=O) groups excluding carboxylic acids is 1. The summed E-state index contributed by atoms with van der Waals surface area (Å²) < 4.78 is 0. The summed E-state index contributed by atoms with van der Waals surface area (Å²) in [6.07, 6.45) is 2.07. The highest BCUT2D eigenvalue weighted by molar-refractivity contribution is 5.85. The van der Waals surface area contributed by atoms with E-state index in [0.717, 1.165) is 38.2 Å². The Labute approximate surface area is 134 Å². The second-order valence-electron chi connectivity index (χ2n) is 6.47. The summed E-state index contributed by atoms with van der Waals surface area (Å²) >= 11 is 0. The van der Waals surface area contributed by atoms with E-state index in [-0.39, 0.29) is 11.9 Å². The number of carbonyl (C=O) groups is 1. The van der Waals surface area contributed by atoms with Crippen molar-refractivity contribution in [1.82, 2.24) is 10.6 Å². The summed E-state index contributed by atoms with van der Waals surface area (Å²) in [6.45, 7) is 9.79. The van der Waals surface area contributed by atoms with Gasteiger partial charge in [-0.05, 0) is 36.5 Å². The van der Waals surface area contributed by atoms with E-state index < -0.39 is 0 Å². The standard InChI is InChI=1S/C18H29N3O/c1-4-9-20-18(22)17-13-19-10-11-21(17)16-7-5-15(6-8-16)12-14(2)3/h5-8,14,17,19H,4,9-13H2,1-3H3,(H,20,22). The Morgan fingerprint density at radius 1 is 1.36 bits per heavy atom. The molecule has 0 saturated carbocycles. The van der Waals surface area contributed by atoms with Crippen molar-refractivity contribution in [3.8, 4) is 0 Å². The van der Waals surface area contributed by atoms with E-state index in [1.54, 1.807) is 0 Å². The monoisotopic (exact) mass is 303 g/mol. The van der Waals surface area contributed by atoms with Crippen molar-refractivity contribution in [2.75, 3.05) is 31.1 Å². The predicted molar refractivity (Wildman–Crippen MR) is 92.3 cm³/mol. The Balaban J connectivity index is 2.08. The van der Waals surface area contributed by atoms with Crippen LogP contribution in [0.1, 0.15) is 32.8 Å². The topological polar surface area (TPSA) is 44.4 Å². The van der Waals surface area contributed by atoms with E-state index in [1.807, 2.05) is 0 Å². The first kappa shape index (κ1) is 16.8. The van der Waals surface area contributed by atoms with Gasteiger partial charge in [0, 0.05) is 31.9 Å². The molecule has 1 saturated heterocycles. The summed E-state index contributed by atoms with van der Waals surface area (Å²) in [6, 6.07) is 8.58. The molecule has 4 heteroatoms. The Morgan fingerprint density at radius 3 is 2.73 bits per heavy atom. The molecule has 122 valence electrons. The number of hydrogen-bond donors (Lipinski definition) is 2. The molecular weight excluding hydrogens is 274 g/mol. The van der Waals surface area contributed by atoms with Gasteiger partial charge in [0.25, 0.3) is 0 Å². The molecule has 22 heavy (non-hydrogen) atoms.